The summed E-state index contributed by atoms with van der Waals surface area (Å²) in [5, 5.41) is 0. The van der Waals surface area contributed by atoms with Gasteiger partial charge in [0.1, 0.15) is 0 Å². The standard InChI is InChI=1S/C5H9F4N/c1-3(10)2-5(8,9)4(6)7/h3-4H,2,10H2,1H3/t3-/m0/s1. The second-order valence-electron chi connectivity index (χ2n) is 2.24. The minimum absolute atomic E-state index is 0.899. The molecule has 0 amide bonds. The maximum Gasteiger partial charge on any atom is 0.308 e. The van der Waals surface area contributed by atoms with Crippen molar-refractivity contribution in [3.05, 3.63) is 0 Å². The fourth-order valence-corrected chi connectivity index (χ4v) is 0.518. The SMILES string of the molecule is C[C@H](N)CC(F)(F)C(F)F. The maximum absolute atomic E-state index is 12.0. The quantitative estimate of drug-likeness (QED) is 0.622. The number of alkyl halides is 4. The van der Waals surface area contributed by atoms with E-state index in [1.54, 1.807) is 0 Å². The van der Waals surface area contributed by atoms with E-state index in [1.165, 1.54) is 6.92 Å². The Balaban J connectivity index is 3.87. The number of halogens is 4. The summed E-state index contributed by atoms with van der Waals surface area (Å²) < 4.78 is 46.7. The van der Waals surface area contributed by atoms with Crippen molar-refractivity contribution in [2.75, 3.05) is 0 Å². The van der Waals surface area contributed by atoms with Gasteiger partial charge >= 0.3 is 12.3 Å². The molecule has 0 aromatic heterocycles. The zero-order valence-electron chi connectivity index (χ0n) is 5.45. The van der Waals surface area contributed by atoms with Crippen molar-refractivity contribution in [1.29, 1.82) is 0 Å². The molecule has 1 atom stereocenters. The topological polar surface area (TPSA) is 26.0 Å². The molecule has 0 unspecified atom stereocenters. The Labute approximate surface area is 56.2 Å². The van der Waals surface area contributed by atoms with Crippen molar-refractivity contribution in [2.45, 2.75) is 31.7 Å². The Morgan fingerprint density at radius 3 is 1.90 bits per heavy atom. The molecule has 0 bridgehead atoms. The van der Waals surface area contributed by atoms with Crippen molar-refractivity contribution in [1.82, 2.24) is 0 Å². The van der Waals surface area contributed by atoms with E-state index in [4.69, 9.17) is 5.73 Å². The van der Waals surface area contributed by atoms with E-state index in [9.17, 15) is 17.6 Å². The van der Waals surface area contributed by atoms with Crippen LogP contribution < -0.4 is 5.73 Å². The van der Waals surface area contributed by atoms with Crippen LogP contribution in [0.15, 0.2) is 0 Å². The highest BCUT2D eigenvalue weighted by molar-refractivity contribution is 4.73. The summed E-state index contributed by atoms with van der Waals surface area (Å²) in [5.74, 6) is -3.94. The van der Waals surface area contributed by atoms with Crippen molar-refractivity contribution >= 4 is 0 Å². The summed E-state index contributed by atoms with van der Waals surface area (Å²) in [5.41, 5.74) is 4.90. The van der Waals surface area contributed by atoms with Crippen molar-refractivity contribution in [2.24, 2.45) is 5.73 Å². The van der Waals surface area contributed by atoms with Crippen LogP contribution in [-0.4, -0.2) is 18.4 Å². The molecule has 0 heterocycles. The second-order valence-corrected chi connectivity index (χ2v) is 2.24. The molecule has 62 valence electrons. The van der Waals surface area contributed by atoms with Gasteiger partial charge in [0.15, 0.2) is 0 Å². The summed E-state index contributed by atoms with van der Waals surface area (Å²) in [6.07, 6.45) is -4.58. The molecule has 2 N–H and O–H groups in total. The molecule has 0 aliphatic heterocycles. The molecule has 0 radical (unpaired) electrons. The lowest BCUT2D eigenvalue weighted by Gasteiger charge is -2.16. The second kappa shape index (κ2) is 3.18. The van der Waals surface area contributed by atoms with Gasteiger partial charge in [-0.05, 0) is 6.92 Å². The van der Waals surface area contributed by atoms with E-state index >= 15 is 0 Å². The zero-order chi connectivity index (χ0) is 8.36. The molecule has 0 saturated heterocycles. The van der Waals surface area contributed by atoms with Gasteiger partial charge in [-0.3, -0.25) is 0 Å². The smallest absolute Gasteiger partial charge is 0.308 e. The van der Waals surface area contributed by atoms with E-state index < -0.39 is 24.8 Å². The lowest BCUT2D eigenvalue weighted by molar-refractivity contribution is -0.135. The van der Waals surface area contributed by atoms with Gasteiger partial charge < -0.3 is 5.73 Å². The molecular formula is C5H9F4N. The van der Waals surface area contributed by atoms with Crippen molar-refractivity contribution in [3.63, 3.8) is 0 Å². The van der Waals surface area contributed by atoms with E-state index in [0.717, 1.165) is 0 Å². The molecular weight excluding hydrogens is 150 g/mol. The van der Waals surface area contributed by atoms with Crippen LogP contribution in [0.2, 0.25) is 0 Å². The van der Waals surface area contributed by atoms with Gasteiger partial charge in [0, 0.05) is 12.5 Å². The lowest BCUT2D eigenvalue weighted by Crippen LogP contribution is -2.33. The molecule has 0 saturated carbocycles. The highest BCUT2D eigenvalue weighted by atomic mass is 19.3. The highest BCUT2D eigenvalue weighted by Crippen LogP contribution is 2.27. The van der Waals surface area contributed by atoms with Gasteiger partial charge in [-0.25, -0.2) is 17.6 Å². The first kappa shape index (κ1) is 9.68. The minimum Gasteiger partial charge on any atom is -0.328 e. The Morgan fingerprint density at radius 1 is 1.40 bits per heavy atom. The molecule has 0 fully saturated rings. The molecule has 1 nitrogen and oxygen atoms in total. The predicted octanol–water partition coefficient (Wildman–Crippen LogP) is 1.62. The lowest BCUT2D eigenvalue weighted by atomic mass is 10.1. The predicted molar refractivity (Wildman–Crippen MR) is 29.2 cm³/mol. The van der Waals surface area contributed by atoms with Crippen LogP contribution in [0.3, 0.4) is 0 Å². The van der Waals surface area contributed by atoms with Gasteiger partial charge in [0.25, 0.3) is 0 Å². The molecule has 5 heteroatoms. The number of rotatable bonds is 3. The third-order valence-corrected chi connectivity index (χ3v) is 0.913. The van der Waals surface area contributed by atoms with E-state index in [1.807, 2.05) is 0 Å². The summed E-state index contributed by atoms with van der Waals surface area (Å²) in [6, 6.07) is -0.899. The van der Waals surface area contributed by atoms with Gasteiger partial charge in [0.2, 0.25) is 0 Å². The minimum atomic E-state index is -3.94. The first-order valence-corrected chi connectivity index (χ1v) is 2.78. The van der Waals surface area contributed by atoms with E-state index in [-0.39, 0.29) is 0 Å². The summed E-state index contributed by atoms with van der Waals surface area (Å²) in [4.78, 5) is 0. The number of hydrogen-bond acceptors (Lipinski definition) is 1. The van der Waals surface area contributed by atoms with Gasteiger partial charge in [-0.15, -0.1) is 0 Å². The molecule has 0 aliphatic carbocycles. The van der Waals surface area contributed by atoms with Crippen LogP contribution in [0, 0.1) is 0 Å². The van der Waals surface area contributed by atoms with Crippen LogP contribution in [0.25, 0.3) is 0 Å². The summed E-state index contributed by atoms with van der Waals surface area (Å²) in [7, 11) is 0. The first-order valence-electron chi connectivity index (χ1n) is 2.78. The molecule has 0 rings (SSSR count). The van der Waals surface area contributed by atoms with Crippen LogP contribution in [0.1, 0.15) is 13.3 Å². The van der Waals surface area contributed by atoms with E-state index in [2.05, 4.69) is 0 Å². The zero-order valence-corrected chi connectivity index (χ0v) is 5.45. The fourth-order valence-electron chi connectivity index (χ4n) is 0.518. The van der Waals surface area contributed by atoms with Crippen LogP contribution in [0.4, 0.5) is 17.6 Å². The first-order chi connectivity index (χ1) is 4.36. The van der Waals surface area contributed by atoms with Gasteiger partial charge in [0.05, 0.1) is 0 Å². The van der Waals surface area contributed by atoms with Crippen LogP contribution in [0.5, 0.6) is 0 Å². The third-order valence-electron chi connectivity index (χ3n) is 0.913. The maximum atomic E-state index is 12.0. The molecule has 0 aromatic carbocycles. The molecule has 0 spiro atoms. The van der Waals surface area contributed by atoms with Gasteiger partial charge in [-0.1, -0.05) is 0 Å². The Bertz CT molecular complexity index is 102. The monoisotopic (exact) mass is 159 g/mol. The average Bonchev–Trinajstić information content (AvgIpc) is 1.60. The normalized spacial score (nSPS) is 15.9. The Kier molecular flexibility index (Phi) is 3.08. The van der Waals surface area contributed by atoms with E-state index in [0.29, 0.717) is 0 Å². The third kappa shape index (κ3) is 3.00. The van der Waals surface area contributed by atoms with Gasteiger partial charge in [-0.2, -0.15) is 0 Å². The summed E-state index contributed by atoms with van der Waals surface area (Å²) >= 11 is 0. The van der Waals surface area contributed by atoms with Crippen molar-refractivity contribution < 1.29 is 17.6 Å². The largest absolute Gasteiger partial charge is 0.328 e. The van der Waals surface area contributed by atoms with Crippen molar-refractivity contribution in [3.8, 4) is 0 Å². The average molecular weight is 159 g/mol. The van der Waals surface area contributed by atoms with Crippen LogP contribution in [-0.2, 0) is 0 Å². The Morgan fingerprint density at radius 2 is 1.80 bits per heavy atom. The molecule has 10 heavy (non-hydrogen) atoms. The fraction of sp³-hybridized carbons (Fsp3) is 1.00. The number of nitrogens with two attached hydrogens (primary N) is 1. The summed E-state index contributed by atoms with van der Waals surface area (Å²) in [6.45, 7) is 1.26. The highest BCUT2D eigenvalue weighted by Gasteiger charge is 2.40. The van der Waals surface area contributed by atoms with Crippen LogP contribution >= 0.6 is 0 Å². The number of hydrogen-bond donors (Lipinski definition) is 1. The molecule has 0 aromatic rings. The Hall–Kier alpha value is -0.320. The molecule has 0 aliphatic rings.